The van der Waals surface area contributed by atoms with E-state index in [1.54, 1.807) is 0 Å². The Balaban J connectivity index is 2.13. The molecule has 110 valence electrons. The van der Waals surface area contributed by atoms with Gasteiger partial charge in [-0.15, -0.1) is 0 Å². The van der Waals surface area contributed by atoms with Crippen LogP contribution in [0.15, 0.2) is 16.6 Å². The lowest BCUT2D eigenvalue weighted by atomic mass is 9.84. The molecule has 20 heavy (non-hydrogen) atoms. The summed E-state index contributed by atoms with van der Waals surface area (Å²) < 4.78 is 13.7. The molecule has 0 bridgehead atoms. The summed E-state index contributed by atoms with van der Waals surface area (Å²) in [7, 11) is 0. The zero-order valence-corrected chi connectivity index (χ0v) is 13.0. The predicted molar refractivity (Wildman–Crippen MR) is 80.4 cm³/mol. The fourth-order valence-corrected chi connectivity index (χ4v) is 3.08. The molecule has 0 atom stereocenters. The van der Waals surface area contributed by atoms with Crippen LogP contribution in [0.25, 0.3) is 0 Å². The van der Waals surface area contributed by atoms with Crippen LogP contribution in [0.3, 0.4) is 0 Å². The number of benzene rings is 1. The minimum absolute atomic E-state index is 0.205. The van der Waals surface area contributed by atoms with E-state index in [-0.39, 0.29) is 16.2 Å². The summed E-state index contributed by atoms with van der Waals surface area (Å²) in [5.41, 5.74) is 0.187. The highest BCUT2D eigenvalue weighted by atomic mass is 79.9. The van der Waals surface area contributed by atoms with Crippen molar-refractivity contribution in [3.63, 3.8) is 0 Å². The molecule has 0 amide bonds. The molecular formula is C14H18BrFN2O2. The molecule has 0 heterocycles. The Kier molecular flexibility index (Phi) is 4.96. The van der Waals surface area contributed by atoms with Gasteiger partial charge in [-0.3, -0.25) is 10.1 Å². The second-order valence-electron chi connectivity index (χ2n) is 5.31. The van der Waals surface area contributed by atoms with E-state index in [9.17, 15) is 14.5 Å². The maximum atomic E-state index is 13.4. The van der Waals surface area contributed by atoms with E-state index in [4.69, 9.17) is 0 Å². The van der Waals surface area contributed by atoms with Crippen LogP contribution in [0.4, 0.5) is 15.8 Å². The van der Waals surface area contributed by atoms with Crippen LogP contribution in [0.2, 0.25) is 0 Å². The van der Waals surface area contributed by atoms with Gasteiger partial charge in [0.15, 0.2) is 0 Å². The maximum absolute atomic E-state index is 13.4. The molecule has 1 N–H and O–H groups in total. The monoisotopic (exact) mass is 344 g/mol. The Labute approximate surface area is 126 Å². The van der Waals surface area contributed by atoms with Gasteiger partial charge in [-0.25, -0.2) is 4.39 Å². The molecular weight excluding hydrogens is 327 g/mol. The Morgan fingerprint density at radius 2 is 2.05 bits per heavy atom. The fourth-order valence-electron chi connectivity index (χ4n) is 2.74. The highest BCUT2D eigenvalue weighted by Gasteiger charge is 2.24. The number of nitro benzene ring substituents is 1. The first kappa shape index (κ1) is 15.2. The molecule has 1 aliphatic carbocycles. The molecule has 0 aromatic heterocycles. The second-order valence-corrected chi connectivity index (χ2v) is 6.17. The van der Waals surface area contributed by atoms with Gasteiger partial charge in [0, 0.05) is 6.04 Å². The summed E-state index contributed by atoms with van der Waals surface area (Å²) in [6, 6.07) is 2.65. The van der Waals surface area contributed by atoms with Crippen LogP contribution in [-0.4, -0.2) is 11.0 Å². The minimum Gasteiger partial charge on any atom is -0.377 e. The van der Waals surface area contributed by atoms with E-state index in [0.29, 0.717) is 5.69 Å². The van der Waals surface area contributed by atoms with E-state index in [0.717, 1.165) is 37.7 Å². The molecule has 4 nitrogen and oxygen atoms in total. The summed E-state index contributed by atoms with van der Waals surface area (Å²) in [5.74, 6) is 0.153. The Hall–Kier alpha value is -1.17. The first-order chi connectivity index (χ1) is 9.51. The highest BCUT2D eigenvalue weighted by Crippen LogP contribution is 2.34. The fraction of sp³-hybridized carbons (Fsp3) is 0.571. The zero-order chi connectivity index (χ0) is 14.7. The summed E-state index contributed by atoms with van der Waals surface area (Å²) in [4.78, 5) is 10.5. The first-order valence-electron chi connectivity index (χ1n) is 6.91. The van der Waals surface area contributed by atoms with Crippen molar-refractivity contribution < 1.29 is 9.31 Å². The lowest BCUT2D eigenvalue weighted by molar-refractivity contribution is -0.384. The number of anilines is 1. The van der Waals surface area contributed by atoms with Crippen LogP contribution < -0.4 is 5.32 Å². The van der Waals surface area contributed by atoms with Crippen LogP contribution in [-0.2, 0) is 0 Å². The Morgan fingerprint density at radius 1 is 1.40 bits per heavy atom. The molecule has 0 radical (unpaired) electrons. The molecule has 0 spiro atoms. The second kappa shape index (κ2) is 6.52. The van der Waals surface area contributed by atoms with Crippen LogP contribution in [0, 0.1) is 21.8 Å². The van der Waals surface area contributed by atoms with Gasteiger partial charge >= 0.3 is 0 Å². The zero-order valence-electron chi connectivity index (χ0n) is 11.4. The molecule has 0 unspecified atom stereocenters. The van der Waals surface area contributed by atoms with Crippen LogP contribution in [0.5, 0.6) is 0 Å². The lowest BCUT2D eigenvalue weighted by Crippen LogP contribution is -2.26. The third-order valence-corrected chi connectivity index (χ3v) is 4.63. The van der Waals surface area contributed by atoms with E-state index in [1.807, 2.05) is 0 Å². The normalized spacial score (nSPS) is 22.6. The van der Waals surface area contributed by atoms with Gasteiger partial charge in [-0.05, 0) is 53.6 Å². The molecule has 0 aliphatic heterocycles. The van der Waals surface area contributed by atoms with Crippen molar-refractivity contribution in [1.29, 1.82) is 0 Å². The summed E-state index contributed by atoms with van der Waals surface area (Å²) in [5, 5.41) is 14.2. The Bertz CT molecular complexity index is 502. The van der Waals surface area contributed by atoms with Crippen LogP contribution >= 0.6 is 15.9 Å². The van der Waals surface area contributed by atoms with E-state index in [2.05, 4.69) is 28.2 Å². The summed E-state index contributed by atoms with van der Waals surface area (Å²) in [6.45, 7) is 2.19. The minimum atomic E-state index is -0.614. The van der Waals surface area contributed by atoms with Gasteiger partial charge in [-0.2, -0.15) is 0 Å². The van der Waals surface area contributed by atoms with Crippen molar-refractivity contribution in [2.75, 3.05) is 5.32 Å². The summed E-state index contributed by atoms with van der Waals surface area (Å²) in [6.07, 6.45) is 5.49. The van der Waals surface area contributed by atoms with E-state index in [1.165, 1.54) is 12.5 Å². The molecule has 1 aliphatic rings. The SMILES string of the molecule is CCC1CCC(Nc2cc(Br)c(F)cc2[N+](=O)[O-])CC1. The standard InChI is InChI=1S/C14H18BrFN2O2/c1-2-9-3-5-10(6-4-9)17-13-7-11(15)12(16)8-14(13)18(19)20/h7-10,17H,2-6H2,1H3. The van der Waals surface area contributed by atoms with Gasteiger partial charge in [0.05, 0.1) is 15.5 Å². The smallest absolute Gasteiger partial charge is 0.295 e. The average Bonchev–Trinajstić information content (AvgIpc) is 2.43. The van der Waals surface area contributed by atoms with E-state index >= 15 is 0 Å². The number of halogens is 2. The predicted octanol–water partition coefficient (Wildman–Crippen LogP) is 4.88. The maximum Gasteiger partial charge on any atom is 0.295 e. The molecule has 1 aromatic carbocycles. The topological polar surface area (TPSA) is 55.2 Å². The third kappa shape index (κ3) is 3.48. The lowest BCUT2D eigenvalue weighted by Gasteiger charge is -2.29. The summed E-state index contributed by atoms with van der Waals surface area (Å²) >= 11 is 3.08. The first-order valence-corrected chi connectivity index (χ1v) is 7.70. The molecule has 2 rings (SSSR count). The molecule has 1 fully saturated rings. The number of hydrogen-bond donors (Lipinski definition) is 1. The number of nitrogens with zero attached hydrogens (tertiary/aromatic N) is 1. The van der Waals surface area contributed by atoms with Crippen molar-refractivity contribution in [2.24, 2.45) is 5.92 Å². The van der Waals surface area contributed by atoms with Gasteiger partial charge in [-0.1, -0.05) is 13.3 Å². The van der Waals surface area contributed by atoms with Crippen molar-refractivity contribution in [1.82, 2.24) is 0 Å². The Morgan fingerprint density at radius 3 is 2.60 bits per heavy atom. The van der Waals surface area contributed by atoms with Gasteiger partial charge < -0.3 is 5.32 Å². The van der Waals surface area contributed by atoms with Gasteiger partial charge in [0.25, 0.3) is 5.69 Å². The molecule has 1 aromatic rings. The van der Waals surface area contributed by atoms with Gasteiger partial charge in [0.2, 0.25) is 0 Å². The van der Waals surface area contributed by atoms with Crippen molar-refractivity contribution in [3.05, 3.63) is 32.5 Å². The molecule has 1 saturated carbocycles. The van der Waals surface area contributed by atoms with Crippen molar-refractivity contribution in [2.45, 2.75) is 45.1 Å². The molecule has 0 saturated heterocycles. The van der Waals surface area contributed by atoms with E-state index < -0.39 is 10.7 Å². The highest BCUT2D eigenvalue weighted by molar-refractivity contribution is 9.10. The number of hydrogen-bond acceptors (Lipinski definition) is 3. The van der Waals surface area contributed by atoms with Crippen molar-refractivity contribution >= 4 is 27.3 Å². The average molecular weight is 345 g/mol. The molecule has 6 heteroatoms. The van der Waals surface area contributed by atoms with Crippen molar-refractivity contribution in [3.8, 4) is 0 Å². The quantitative estimate of drug-likeness (QED) is 0.625. The van der Waals surface area contributed by atoms with Gasteiger partial charge in [0.1, 0.15) is 11.5 Å². The largest absolute Gasteiger partial charge is 0.377 e. The number of nitro groups is 1. The number of rotatable bonds is 4. The number of nitrogens with one attached hydrogen (secondary N) is 1. The van der Waals surface area contributed by atoms with Crippen LogP contribution in [0.1, 0.15) is 39.0 Å². The third-order valence-electron chi connectivity index (χ3n) is 4.02.